The van der Waals surface area contributed by atoms with E-state index in [-0.39, 0.29) is 54.5 Å². The highest BCUT2D eigenvalue weighted by atomic mass is 35.5. The largest absolute Gasteiger partial charge is 0.354 e. The monoisotopic (exact) mass is 527 g/mol. The van der Waals surface area contributed by atoms with Crippen LogP contribution >= 0.6 is 11.6 Å². The molecule has 2 aliphatic rings. The third-order valence-electron chi connectivity index (χ3n) is 6.92. The fraction of sp³-hybridized carbons (Fsp3) is 0.400. The van der Waals surface area contributed by atoms with Crippen molar-refractivity contribution in [3.63, 3.8) is 0 Å². The maximum Gasteiger partial charge on any atom is 0.263 e. The maximum absolute atomic E-state index is 13.6. The zero-order chi connectivity index (χ0) is 26.1. The first-order chi connectivity index (χ1) is 17.8. The van der Waals surface area contributed by atoms with Gasteiger partial charge in [-0.05, 0) is 29.8 Å². The van der Waals surface area contributed by atoms with Crippen LogP contribution in [0.15, 0.2) is 47.5 Å². The number of rotatable bonds is 2. The molecular formula is C25H27ClFN7O3. The summed E-state index contributed by atoms with van der Waals surface area (Å²) in [5.74, 6) is -1.05. The third-order valence-corrected chi connectivity index (χ3v) is 7.21. The second-order valence-electron chi connectivity index (χ2n) is 9.60. The molecule has 1 fully saturated rings. The van der Waals surface area contributed by atoms with Crippen LogP contribution in [0.25, 0.3) is 0 Å². The first-order valence-corrected chi connectivity index (χ1v) is 12.4. The van der Waals surface area contributed by atoms with Gasteiger partial charge in [0.15, 0.2) is 0 Å². The minimum atomic E-state index is -0.463. The summed E-state index contributed by atoms with van der Waals surface area (Å²) in [6, 6.07) is 7.71. The van der Waals surface area contributed by atoms with Gasteiger partial charge in [0.05, 0.1) is 23.8 Å². The van der Waals surface area contributed by atoms with Crippen molar-refractivity contribution in [3.05, 3.63) is 80.7 Å². The molecule has 12 heteroatoms. The number of hydrogen-bond acceptors (Lipinski definition) is 6. The SMILES string of the molecule is CN1CCNC(=O)C[C@H]2CN(Cc3ccc(F)c(Cl)c3)C[C@H]2n2cc(nn2)Cn2cccc(c2=O)C1=O. The predicted octanol–water partition coefficient (Wildman–Crippen LogP) is 1.55. The molecule has 0 radical (unpaired) electrons. The van der Waals surface area contributed by atoms with Gasteiger partial charge in [0.2, 0.25) is 5.91 Å². The van der Waals surface area contributed by atoms with Crippen molar-refractivity contribution in [1.29, 1.82) is 0 Å². The standard InChI is InChI=1S/C25H27ClFN7O3/c1-31-8-6-28-23(35)10-17-12-32(11-16-4-5-21(27)20(26)9-16)15-22(17)34-14-18(29-30-34)13-33-7-2-3-19(24(31)36)25(33)37/h2-5,7,9,14,17,22H,6,8,10-13,15H2,1H3,(H,28,35)/t17-,22+/m0/s1. The Morgan fingerprint density at radius 2 is 2.03 bits per heavy atom. The van der Waals surface area contributed by atoms with E-state index in [9.17, 15) is 18.8 Å². The van der Waals surface area contributed by atoms with E-state index in [0.29, 0.717) is 25.3 Å². The zero-order valence-electron chi connectivity index (χ0n) is 20.3. The molecule has 2 atom stereocenters. The van der Waals surface area contributed by atoms with Gasteiger partial charge < -0.3 is 14.8 Å². The molecular weight excluding hydrogens is 501 g/mol. The summed E-state index contributed by atoms with van der Waals surface area (Å²) < 4.78 is 16.8. The molecule has 5 rings (SSSR count). The number of benzene rings is 1. The number of nitrogens with one attached hydrogen (secondary N) is 1. The highest BCUT2D eigenvalue weighted by Gasteiger charge is 2.36. The minimum absolute atomic E-state index is 0.0520. The molecule has 1 aromatic carbocycles. The quantitative estimate of drug-likeness (QED) is 0.542. The van der Waals surface area contributed by atoms with E-state index in [0.717, 1.165) is 5.56 Å². The molecule has 2 amide bonds. The van der Waals surface area contributed by atoms with Gasteiger partial charge in [0.1, 0.15) is 17.1 Å². The fourth-order valence-corrected chi connectivity index (χ4v) is 5.20. The van der Waals surface area contributed by atoms with Crippen molar-refractivity contribution < 1.29 is 14.0 Å². The van der Waals surface area contributed by atoms with Crippen LogP contribution in [0.3, 0.4) is 0 Å². The molecule has 4 bridgehead atoms. The number of nitrogens with zero attached hydrogens (tertiary/aromatic N) is 6. The summed E-state index contributed by atoms with van der Waals surface area (Å²) in [6.45, 7) is 2.49. The summed E-state index contributed by atoms with van der Waals surface area (Å²) >= 11 is 5.97. The van der Waals surface area contributed by atoms with Gasteiger partial charge in [-0.15, -0.1) is 5.10 Å². The lowest BCUT2D eigenvalue weighted by molar-refractivity contribution is -0.122. The van der Waals surface area contributed by atoms with E-state index < -0.39 is 17.3 Å². The zero-order valence-corrected chi connectivity index (χ0v) is 21.1. The maximum atomic E-state index is 13.6. The number of amides is 2. The molecule has 0 unspecified atom stereocenters. The van der Waals surface area contributed by atoms with E-state index in [1.54, 1.807) is 42.3 Å². The van der Waals surface area contributed by atoms with Crippen LogP contribution in [0.4, 0.5) is 4.39 Å². The summed E-state index contributed by atoms with van der Waals surface area (Å²) in [4.78, 5) is 42.3. The molecule has 2 aliphatic heterocycles. The van der Waals surface area contributed by atoms with Gasteiger partial charge in [-0.3, -0.25) is 19.3 Å². The number of fused-ring (bicyclic) bond motifs is 6. The van der Waals surface area contributed by atoms with E-state index in [1.165, 1.54) is 21.6 Å². The van der Waals surface area contributed by atoms with Gasteiger partial charge in [-0.2, -0.15) is 0 Å². The van der Waals surface area contributed by atoms with E-state index in [1.807, 2.05) is 0 Å². The number of carbonyl (C=O) groups is 2. The molecule has 10 nitrogen and oxygen atoms in total. The van der Waals surface area contributed by atoms with Crippen molar-refractivity contribution in [3.8, 4) is 0 Å². The second-order valence-corrected chi connectivity index (χ2v) is 10.0. The van der Waals surface area contributed by atoms with E-state index >= 15 is 0 Å². The van der Waals surface area contributed by atoms with Gasteiger partial charge in [-0.25, -0.2) is 9.07 Å². The lowest BCUT2D eigenvalue weighted by atomic mass is 9.99. The highest BCUT2D eigenvalue weighted by molar-refractivity contribution is 6.30. The molecule has 0 saturated carbocycles. The van der Waals surface area contributed by atoms with Crippen LogP contribution in [-0.4, -0.2) is 74.4 Å². The van der Waals surface area contributed by atoms with Crippen molar-refractivity contribution >= 4 is 23.4 Å². The fourth-order valence-electron chi connectivity index (χ4n) is 4.99. The lowest BCUT2D eigenvalue weighted by Crippen LogP contribution is -2.39. The van der Waals surface area contributed by atoms with Crippen molar-refractivity contribution in [2.45, 2.75) is 25.6 Å². The first kappa shape index (κ1) is 25.1. The van der Waals surface area contributed by atoms with Crippen LogP contribution in [0.1, 0.15) is 34.1 Å². The van der Waals surface area contributed by atoms with Gasteiger partial charge >= 0.3 is 0 Å². The molecule has 1 N–H and O–H groups in total. The summed E-state index contributed by atoms with van der Waals surface area (Å²) in [7, 11) is 1.60. The topological polar surface area (TPSA) is 105 Å². The molecule has 2 aromatic heterocycles. The van der Waals surface area contributed by atoms with Crippen molar-refractivity contribution in [2.24, 2.45) is 5.92 Å². The van der Waals surface area contributed by atoms with Gasteiger partial charge in [0.25, 0.3) is 11.5 Å². The average molecular weight is 528 g/mol. The summed E-state index contributed by atoms with van der Waals surface area (Å²) in [6.07, 6.45) is 3.68. The first-order valence-electron chi connectivity index (χ1n) is 12.1. The Morgan fingerprint density at radius 1 is 1.19 bits per heavy atom. The molecule has 1 saturated heterocycles. The number of hydrogen-bond donors (Lipinski definition) is 1. The number of halogens is 2. The predicted molar refractivity (Wildman–Crippen MR) is 134 cm³/mol. The number of pyridine rings is 1. The van der Waals surface area contributed by atoms with Crippen LogP contribution in [0.5, 0.6) is 0 Å². The Balaban J connectivity index is 1.43. The Labute approximate surface area is 217 Å². The Bertz CT molecular complexity index is 1390. The molecule has 3 aromatic rings. The van der Waals surface area contributed by atoms with Crippen LogP contribution in [0, 0.1) is 11.7 Å². The average Bonchev–Trinajstić information content (AvgIpc) is 3.48. The minimum Gasteiger partial charge on any atom is -0.354 e. The Kier molecular flexibility index (Phi) is 7.07. The smallest absolute Gasteiger partial charge is 0.263 e. The van der Waals surface area contributed by atoms with Crippen LogP contribution in [0.2, 0.25) is 5.02 Å². The molecule has 37 heavy (non-hydrogen) atoms. The van der Waals surface area contributed by atoms with E-state index in [2.05, 4.69) is 20.5 Å². The van der Waals surface area contributed by atoms with Crippen molar-refractivity contribution in [1.82, 2.24) is 34.7 Å². The normalized spacial score (nSPS) is 21.1. The van der Waals surface area contributed by atoms with Crippen LogP contribution < -0.4 is 10.9 Å². The lowest BCUT2D eigenvalue weighted by Gasteiger charge is -2.20. The van der Waals surface area contributed by atoms with Crippen molar-refractivity contribution in [2.75, 3.05) is 33.2 Å². The number of likely N-dealkylation sites (tertiary alicyclic amines) is 1. The highest BCUT2D eigenvalue weighted by Crippen LogP contribution is 2.31. The third kappa shape index (κ3) is 5.42. The van der Waals surface area contributed by atoms with Gasteiger partial charge in [-0.1, -0.05) is 22.9 Å². The van der Waals surface area contributed by atoms with Gasteiger partial charge in [0, 0.05) is 58.3 Å². The summed E-state index contributed by atoms with van der Waals surface area (Å²) in [5, 5.41) is 11.6. The Morgan fingerprint density at radius 3 is 2.84 bits per heavy atom. The second kappa shape index (κ2) is 10.4. The number of likely N-dealkylation sites (N-methyl/N-ethyl adjacent to an activating group) is 1. The molecule has 4 heterocycles. The molecule has 0 spiro atoms. The molecule has 0 aliphatic carbocycles. The number of carbonyl (C=O) groups excluding carboxylic acids is 2. The van der Waals surface area contributed by atoms with Crippen LogP contribution in [-0.2, 0) is 17.9 Å². The number of aromatic nitrogens is 4. The van der Waals surface area contributed by atoms with E-state index in [4.69, 9.17) is 11.6 Å². The molecule has 194 valence electrons. The summed E-state index contributed by atoms with van der Waals surface area (Å²) in [5.41, 5.74) is 1.09. The Hall–Kier alpha value is -3.57.